The van der Waals surface area contributed by atoms with Crippen LogP contribution in [0.2, 0.25) is 0 Å². The lowest BCUT2D eigenvalue weighted by Crippen LogP contribution is -2.55. The SMILES string of the molecule is CN1CCN(C(=O)[C@H]2CCCN(C3CCN(Cc4cccnc4)CC3)C2)CC1=O. The lowest BCUT2D eigenvalue weighted by Gasteiger charge is -2.43. The number of piperidine rings is 2. The third kappa shape index (κ3) is 4.95. The molecule has 1 atom stereocenters. The number of hydrogen-bond acceptors (Lipinski definition) is 5. The molecule has 0 bridgehead atoms. The Hall–Kier alpha value is -1.99. The molecule has 4 heterocycles. The fourth-order valence-corrected chi connectivity index (χ4v) is 4.94. The van der Waals surface area contributed by atoms with Gasteiger partial charge in [-0.05, 0) is 56.9 Å². The monoisotopic (exact) mass is 399 g/mol. The second kappa shape index (κ2) is 9.22. The molecule has 7 heteroatoms. The van der Waals surface area contributed by atoms with Gasteiger partial charge in [0, 0.05) is 51.7 Å². The quantitative estimate of drug-likeness (QED) is 0.758. The molecule has 3 aliphatic rings. The van der Waals surface area contributed by atoms with Crippen molar-refractivity contribution >= 4 is 11.8 Å². The number of likely N-dealkylation sites (tertiary alicyclic amines) is 2. The number of nitrogens with zero attached hydrogens (tertiary/aromatic N) is 5. The van der Waals surface area contributed by atoms with Crippen LogP contribution in [0.15, 0.2) is 24.5 Å². The van der Waals surface area contributed by atoms with Gasteiger partial charge in [0.1, 0.15) is 0 Å². The average molecular weight is 400 g/mol. The van der Waals surface area contributed by atoms with Gasteiger partial charge in [-0.1, -0.05) is 6.07 Å². The summed E-state index contributed by atoms with van der Waals surface area (Å²) in [5.74, 6) is 0.289. The number of amides is 2. The van der Waals surface area contributed by atoms with E-state index in [1.165, 1.54) is 5.56 Å². The minimum atomic E-state index is 0.0494. The zero-order valence-electron chi connectivity index (χ0n) is 17.5. The van der Waals surface area contributed by atoms with Crippen LogP contribution >= 0.6 is 0 Å². The number of likely N-dealkylation sites (N-methyl/N-ethyl adjacent to an activating group) is 1. The van der Waals surface area contributed by atoms with Gasteiger partial charge in [0.05, 0.1) is 12.5 Å². The molecule has 3 saturated heterocycles. The summed E-state index contributed by atoms with van der Waals surface area (Å²) in [6.45, 7) is 6.69. The Morgan fingerprint density at radius 3 is 2.69 bits per heavy atom. The Kier molecular flexibility index (Phi) is 6.45. The zero-order chi connectivity index (χ0) is 20.2. The van der Waals surface area contributed by atoms with Gasteiger partial charge in [-0.2, -0.15) is 0 Å². The predicted octanol–water partition coefficient (Wildman–Crippen LogP) is 1.06. The van der Waals surface area contributed by atoms with Gasteiger partial charge in [0.25, 0.3) is 0 Å². The van der Waals surface area contributed by atoms with Crippen molar-refractivity contribution in [1.29, 1.82) is 0 Å². The molecule has 0 radical (unpaired) electrons. The maximum absolute atomic E-state index is 13.0. The van der Waals surface area contributed by atoms with Gasteiger partial charge >= 0.3 is 0 Å². The van der Waals surface area contributed by atoms with E-state index in [0.717, 1.165) is 58.4 Å². The topological polar surface area (TPSA) is 60.0 Å². The van der Waals surface area contributed by atoms with E-state index < -0.39 is 0 Å². The van der Waals surface area contributed by atoms with Crippen LogP contribution in [-0.4, -0.2) is 95.3 Å². The highest BCUT2D eigenvalue weighted by Gasteiger charge is 2.35. The molecule has 4 rings (SSSR count). The largest absolute Gasteiger partial charge is 0.342 e. The molecule has 0 aromatic carbocycles. The normalized spacial score (nSPS) is 25.4. The molecule has 0 unspecified atom stereocenters. The van der Waals surface area contributed by atoms with Gasteiger partial charge in [0.15, 0.2) is 0 Å². The van der Waals surface area contributed by atoms with Crippen molar-refractivity contribution in [2.45, 2.75) is 38.3 Å². The summed E-state index contributed by atoms with van der Waals surface area (Å²) in [5, 5.41) is 0. The van der Waals surface area contributed by atoms with Gasteiger partial charge in [-0.15, -0.1) is 0 Å². The molecule has 0 saturated carbocycles. The number of carbonyl (C=O) groups is 2. The van der Waals surface area contributed by atoms with Crippen molar-refractivity contribution < 1.29 is 9.59 Å². The van der Waals surface area contributed by atoms with Gasteiger partial charge in [-0.25, -0.2) is 0 Å². The van der Waals surface area contributed by atoms with E-state index in [1.807, 2.05) is 25.5 Å². The summed E-state index contributed by atoms with van der Waals surface area (Å²) in [6.07, 6.45) is 8.13. The lowest BCUT2D eigenvalue weighted by atomic mass is 9.92. The number of carbonyl (C=O) groups excluding carboxylic acids is 2. The van der Waals surface area contributed by atoms with Crippen molar-refractivity contribution in [3.63, 3.8) is 0 Å². The smallest absolute Gasteiger partial charge is 0.241 e. The van der Waals surface area contributed by atoms with Gasteiger partial charge in [0.2, 0.25) is 11.8 Å². The first-order valence-electron chi connectivity index (χ1n) is 11.0. The average Bonchev–Trinajstić information content (AvgIpc) is 2.76. The molecule has 3 aliphatic heterocycles. The van der Waals surface area contributed by atoms with E-state index in [4.69, 9.17) is 0 Å². The fourth-order valence-electron chi connectivity index (χ4n) is 4.94. The number of rotatable bonds is 4. The molecule has 1 aromatic rings. The van der Waals surface area contributed by atoms with Crippen molar-refractivity contribution in [2.75, 3.05) is 52.9 Å². The molecular weight excluding hydrogens is 366 g/mol. The molecule has 0 N–H and O–H groups in total. The Balaban J connectivity index is 1.27. The fraction of sp³-hybridized carbons (Fsp3) is 0.682. The van der Waals surface area contributed by atoms with E-state index in [0.29, 0.717) is 19.1 Å². The number of aromatic nitrogens is 1. The van der Waals surface area contributed by atoms with Crippen LogP contribution in [0.3, 0.4) is 0 Å². The van der Waals surface area contributed by atoms with Crippen LogP contribution in [0.4, 0.5) is 0 Å². The van der Waals surface area contributed by atoms with Gasteiger partial charge in [-0.3, -0.25) is 24.4 Å². The lowest BCUT2D eigenvalue weighted by molar-refractivity contribution is -0.148. The third-order valence-electron chi connectivity index (χ3n) is 6.77. The molecule has 0 aliphatic carbocycles. The Morgan fingerprint density at radius 1 is 1.14 bits per heavy atom. The molecule has 3 fully saturated rings. The van der Waals surface area contributed by atoms with E-state index >= 15 is 0 Å². The standard InChI is InChI=1S/C22H33N5O2/c1-24-12-13-27(17-21(24)28)22(29)19-5-3-9-26(16-19)20-6-10-25(11-7-20)15-18-4-2-8-23-14-18/h2,4,8,14,19-20H,3,5-7,9-13,15-17H2,1H3/t19-/m0/s1. The summed E-state index contributed by atoms with van der Waals surface area (Å²) in [6, 6.07) is 4.72. The number of hydrogen-bond donors (Lipinski definition) is 0. The summed E-state index contributed by atoms with van der Waals surface area (Å²) in [5.41, 5.74) is 1.27. The zero-order valence-corrected chi connectivity index (χ0v) is 17.5. The van der Waals surface area contributed by atoms with E-state index in [1.54, 1.807) is 9.80 Å². The van der Waals surface area contributed by atoms with Crippen molar-refractivity contribution in [3.05, 3.63) is 30.1 Å². The van der Waals surface area contributed by atoms with Crippen LogP contribution in [-0.2, 0) is 16.1 Å². The van der Waals surface area contributed by atoms with Crippen LogP contribution < -0.4 is 0 Å². The Bertz CT molecular complexity index is 704. The minimum Gasteiger partial charge on any atom is -0.342 e. The van der Waals surface area contributed by atoms with Crippen LogP contribution in [0.25, 0.3) is 0 Å². The van der Waals surface area contributed by atoms with Crippen molar-refractivity contribution in [3.8, 4) is 0 Å². The maximum atomic E-state index is 13.0. The first kappa shape index (κ1) is 20.3. The van der Waals surface area contributed by atoms with Crippen LogP contribution in [0.1, 0.15) is 31.2 Å². The summed E-state index contributed by atoms with van der Waals surface area (Å²) in [4.78, 5) is 37.8. The highest BCUT2D eigenvalue weighted by molar-refractivity contribution is 5.87. The van der Waals surface area contributed by atoms with E-state index in [9.17, 15) is 9.59 Å². The second-order valence-electron chi connectivity index (χ2n) is 8.78. The maximum Gasteiger partial charge on any atom is 0.241 e. The summed E-state index contributed by atoms with van der Waals surface area (Å²) in [7, 11) is 1.81. The molecule has 0 spiro atoms. The summed E-state index contributed by atoms with van der Waals surface area (Å²) < 4.78 is 0. The molecule has 29 heavy (non-hydrogen) atoms. The number of pyridine rings is 1. The first-order chi connectivity index (χ1) is 14.1. The molecular formula is C22H33N5O2. The first-order valence-corrected chi connectivity index (χ1v) is 11.0. The summed E-state index contributed by atoms with van der Waals surface area (Å²) >= 11 is 0. The molecule has 2 amide bonds. The number of piperazine rings is 1. The Morgan fingerprint density at radius 2 is 1.97 bits per heavy atom. The highest BCUT2D eigenvalue weighted by Crippen LogP contribution is 2.26. The molecule has 1 aromatic heterocycles. The Labute approximate surface area is 173 Å². The highest BCUT2D eigenvalue weighted by atomic mass is 16.2. The van der Waals surface area contributed by atoms with Gasteiger partial charge < -0.3 is 9.80 Å². The van der Waals surface area contributed by atoms with Crippen molar-refractivity contribution in [2.24, 2.45) is 5.92 Å². The van der Waals surface area contributed by atoms with E-state index in [2.05, 4.69) is 20.9 Å². The van der Waals surface area contributed by atoms with E-state index in [-0.39, 0.29) is 24.3 Å². The van der Waals surface area contributed by atoms with Crippen LogP contribution in [0.5, 0.6) is 0 Å². The predicted molar refractivity (Wildman–Crippen MR) is 111 cm³/mol. The van der Waals surface area contributed by atoms with Crippen molar-refractivity contribution in [1.82, 2.24) is 24.6 Å². The van der Waals surface area contributed by atoms with Crippen LogP contribution in [0, 0.1) is 5.92 Å². The third-order valence-corrected chi connectivity index (χ3v) is 6.77. The molecule has 7 nitrogen and oxygen atoms in total. The molecule has 158 valence electrons. The second-order valence-corrected chi connectivity index (χ2v) is 8.78. The minimum absolute atomic E-state index is 0.0494.